The van der Waals surface area contributed by atoms with Gasteiger partial charge in [-0.1, -0.05) is 20.3 Å². The lowest BCUT2D eigenvalue weighted by Crippen LogP contribution is -2.99. The van der Waals surface area contributed by atoms with Crippen molar-refractivity contribution in [3.05, 3.63) is 46.2 Å². The highest BCUT2D eigenvalue weighted by molar-refractivity contribution is 5.94. The van der Waals surface area contributed by atoms with Gasteiger partial charge in [-0.05, 0) is 36.0 Å². The van der Waals surface area contributed by atoms with Crippen LogP contribution in [0.3, 0.4) is 0 Å². The van der Waals surface area contributed by atoms with Crippen LogP contribution in [0.4, 0.5) is 5.69 Å². The first-order valence-electron chi connectivity index (χ1n) is 10.4. The third kappa shape index (κ3) is 3.46. The molecule has 0 spiro atoms. The van der Waals surface area contributed by atoms with Crippen LogP contribution in [0.15, 0.2) is 35.4 Å². The molecule has 4 N–H and O–H groups in total. The number of carbonyl (C=O) groups is 2. The van der Waals surface area contributed by atoms with E-state index in [2.05, 4.69) is 0 Å². The first kappa shape index (κ1) is 21.9. The molecule has 1 aliphatic heterocycles. The fourth-order valence-corrected chi connectivity index (χ4v) is 5.83. The van der Waals surface area contributed by atoms with Crippen molar-refractivity contribution in [2.45, 2.75) is 45.3 Å². The minimum Gasteiger partial charge on any atom is -0.595 e. The predicted octanol–water partition coefficient (Wildman–Crippen LogP) is 0.648. The van der Waals surface area contributed by atoms with Crippen LogP contribution in [-0.2, 0) is 14.3 Å². The molecule has 0 aromatic heterocycles. The standard InChI is InChI=1S/C22H27NO8/c1-21(11-31-19(26)12-4-6-13(7-5-12)23(28)29)8-3-9-22(2)14-10-30-20(27)15(14)16(24)17(25)18(21)22/h4-7,16-18,23-25,28H,3,8-11H2,1-2H3/t16-,17+,18-,21+,22+/m0/s1. The molecule has 0 bridgehead atoms. The van der Waals surface area contributed by atoms with E-state index in [1.165, 1.54) is 24.3 Å². The van der Waals surface area contributed by atoms with Crippen molar-refractivity contribution in [2.75, 3.05) is 13.2 Å². The monoisotopic (exact) mass is 433 g/mol. The van der Waals surface area contributed by atoms with Gasteiger partial charge in [-0.2, -0.15) is 5.23 Å². The maximum Gasteiger partial charge on any atom is 0.338 e. The van der Waals surface area contributed by atoms with Crippen LogP contribution in [0.25, 0.3) is 0 Å². The van der Waals surface area contributed by atoms with E-state index in [1.54, 1.807) is 0 Å². The van der Waals surface area contributed by atoms with Crippen molar-refractivity contribution >= 4 is 17.6 Å². The number of hydrogen-bond donors (Lipinski definition) is 4. The molecule has 9 heteroatoms. The number of aliphatic hydroxyl groups is 2. The Morgan fingerprint density at radius 1 is 1.26 bits per heavy atom. The Morgan fingerprint density at radius 2 is 1.94 bits per heavy atom. The van der Waals surface area contributed by atoms with Gasteiger partial charge in [0, 0.05) is 23.5 Å². The van der Waals surface area contributed by atoms with Gasteiger partial charge in [-0.15, -0.1) is 0 Å². The molecule has 0 radical (unpaired) electrons. The quantitative estimate of drug-likeness (QED) is 0.401. The van der Waals surface area contributed by atoms with E-state index >= 15 is 0 Å². The van der Waals surface area contributed by atoms with Gasteiger partial charge in [-0.3, -0.25) is 0 Å². The van der Waals surface area contributed by atoms with Gasteiger partial charge in [-0.25, -0.2) is 14.8 Å². The second-order valence-electron chi connectivity index (χ2n) is 9.27. The second kappa shape index (κ2) is 7.68. The van der Waals surface area contributed by atoms with Crippen molar-refractivity contribution in [2.24, 2.45) is 16.7 Å². The highest BCUT2D eigenvalue weighted by Gasteiger charge is 2.61. The number of fused-ring (bicyclic) bond motifs is 2. The first-order valence-corrected chi connectivity index (χ1v) is 10.4. The number of hydrogen-bond acceptors (Lipinski definition) is 8. The Hall–Kier alpha value is -2.30. The van der Waals surface area contributed by atoms with E-state index in [0.29, 0.717) is 6.42 Å². The van der Waals surface area contributed by atoms with Crippen molar-refractivity contribution in [3.63, 3.8) is 0 Å². The number of ether oxygens (including phenoxy) is 2. The number of carbonyl (C=O) groups excluding carboxylic acids is 2. The van der Waals surface area contributed by atoms with Crippen LogP contribution in [0.5, 0.6) is 0 Å². The molecule has 1 aromatic rings. The van der Waals surface area contributed by atoms with Crippen molar-refractivity contribution in [1.29, 1.82) is 0 Å². The van der Waals surface area contributed by atoms with Gasteiger partial charge in [0.25, 0.3) is 0 Å². The van der Waals surface area contributed by atoms with Crippen LogP contribution >= 0.6 is 0 Å². The minimum atomic E-state index is -1.33. The van der Waals surface area contributed by atoms with Gasteiger partial charge in [0.15, 0.2) is 5.69 Å². The summed E-state index contributed by atoms with van der Waals surface area (Å²) >= 11 is 0. The summed E-state index contributed by atoms with van der Waals surface area (Å²) in [6.07, 6.45) is -0.299. The normalized spacial score (nSPS) is 35.8. The Labute approximate surface area is 179 Å². The average molecular weight is 433 g/mol. The maximum atomic E-state index is 12.6. The van der Waals surface area contributed by atoms with Gasteiger partial charge in [0.2, 0.25) is 0 Å². The molecule has 9 nitrogen and oxygen atoms in total. The second-order valence-corrected chi connectivity index (χ2v) is 9.27. The molecule has 2 aliphatic carbocycles. The highest BCUT2D eigenvalue weighted by atomic mass is 16.8. The minimum absolute atomic E-state index is 0.0218. The van der Waals surface area contributed by atoms with E-state index in [-0.39, 0.29) is 30.0 Å². The third-order valence-electron chi connectivity index (χ3n) is 7.32. The zero-order valence-electron chi connectivity index (χ0n) is 17.5. The summed E-state index contributed by atoms with van der Waals surface area (Å²) < 4.78 is 10.8. The van der Waals surface area contributed by atoms with Gasteiger partial charge in [0.05, 0.1) is 23.8 Å². The lowest BCUT2D eigenvalue weighted by atomic mass is 9.49. The van der Waals surface area contributed by atoms with Gasteiger partial charge in [0.1, 0.15) is 12.7 Å². The van der Waals surface area contributed by atoms with Crippen molar-refractivity contribution < 1.29 is 39.7 Å². The Kier molecular flexibility index (Phi) is 5.43. The molecule has 4 rings (SSSR count). The van der Waals surface area contributed by atoms with Crippen molar-refractivity contribution in [3.8, 4) is 0 Å². The topological polar surface area (TPSA) is 141 Å². The molecule has 1 unspecified atom stereocenters. The fraction of sp³-hybridized carbons (Fsp3) is 0.545. The van der Waals surface area contributed by atoms with E-state index < -0.39 is 46.1 Å². The van der Waals surface area contributed by atoms with E-state index in [0.717, 1.165) is 18.4 Å². The van der Waals surface area contributed by atoms with Crippen LogP contribution < -0.4 is 5.23 Å². The molecular weight excluding hydrogens is 406 g/mol. The summed E-state index contributed by atoms with van der Waals surface area (Å²) in [5.41, 5.74) is 0.0315. The molecule has 1 aromatic carbocycles. The summed E-state index contributed by atoms with van der Waals surface area (Å²) in [4.78, 5) is 24.7. The number of aliphatic hydroxyl groups excluding tert-OH is 2. The predicted molar refractivity (Wildman–Crippen MR) is 106 cm³/mol. The molecule has 1 fully saturated rings. The number of nitrogens with one attached hydrogen (secondary N) is 1. The lowest BCUT2D eigenvalue weighted by Gasteiger charge is -2.57. The number of quaternary nitrogens is 1. The molecular formula is C22H27NO8. The summed E-state index contributed by atoms with van der Waals surface area (Å²) in [5, 5.41) is 40.6. The number of esters is 2. The zero-order valence-corrected chi connectivity index (χ0v) is 17.5. The molecule has 0 amide bonds. The Morgan fingerprint density at radius 3 is 2.58 bits per heavy atom. The number of cyclic esters (lactones) is 1. The fourth-order valence-electron chi connectivity index (χ4n) is 5.83. The molecule has 1 heterocycles. The highest BCUT2D eigenvalue weighted by Crippen LogP contribution is 2.60. The summed E-state index contributed by atoms with van der Waals surface area (Å²) in [6.45, 7) is 4.04. The molecule has 168 valence electrons. The molecule has 31 heavy (non-hydrogen) atoms. The first-order chi connectivity index (χ1) is 14.6. The molecule has 1 saturated carbocycles. The van der Waals surface area contributed by atoms with E-state index in [1.807, 2.05) is 13.8 Å². The molecule has 3 aliphatic rings. The number of rotatable bonds is 4. The number of benzene rings is 1. The maximum absolute atomic E-state index is 12.6. The van der Waals surface area contributed by atoms with Crippen molar-refractivity contribution in [1.82, 2.24) is 0 Å². The zero-order chi connectivity index (χ0) is 22.6. The SMILES string of the molecule is C[C@]1(COC(=O)c2ccc([NH+]([O-])O)cc2)CCC[C@]2(C)C3=C(C(=O)OC3)[C@H](O)[C@@H](O)[C@@H]12. The van der Waals surface area contributed by atoms with Gasteiger partial charge >= 0.3 is 11.9 Å². The van der Waals surface area contributed by atoms with Crippen LogP contribution in [0.2, 0.25) is 0 Å². The smallest absolute Gasteiger partial charge is 0.338 e. The van der Waals surface area contributed by atoms with Gasteiger partial charge < -0.3 is 24.9 Å². The van der Waals surface area contributed by atoms with E-state index in [9.17, 15) is 25.0 Å². The lowest BCUT2D eigenvalue weighted by molar-refractivity contribution is -0.991. The van der Waals surface area contributed by atoms with E-state index in [4.69, 9.17) is 14.7 Å². The van der Waals surface area contributed by atoms with Crippen LogP contribution in [-0.4, -0.2) is 52.8 Å². The molecule has 0 saturated heterocycles. The van der Waals surface area contributed by atoms with Crippen LogP contribution in [0.1, 0.15) is 43.5 Å². The summed E-state index contributed by atoms with van der Waals surface area (Å²) in [6, 6.07) is 5.48. The summed E-state index contributed by atoms with van der Waals surface area (Å²) in [7, 11) is 0. The van der Waals surface area contributed by atoms with Crippen LogP contribution in [0, 0.1) is 22.0 Å². The Balaban J connectivity index is 1.57. The molecule has 6 atom stereocenters. The Bertz CT molecular complexity index is 926. The summed E-state index contributed by atoms with van der Waals surface area (Å²) in [5.74, 6) is -1.60. The largest absolute Gasteiger partial charge is 0.595 e. The average Bonchev–Trinajstić information content (AvgIpc) is 3.13. The third-order valence-corrected chi connectivity index (χ3v) is 7.32.